The number of hydrogen-bond donors (Lipinski definition) is 0. The number of ether oxygens (including phenoxy) is 4. The molecule has 2 saturated heterocycles. The van der Waals surface area contributed by atoms with Gasteiger partial charge in [0.05, 0.1) is 35.5 Å². The van der Waals surface area contributed by atoms with Crippen LogP contribution in [-0.4, -0.2) is 47.0 Å². The van der Waals surface area contributed by atoms with E-state index in [4.69, 9.17) is 9.47 Å². The summed E-state index contributed by atoms with van der Waals surface area (Å²) in [5, 5.41) is 0. The van der Waals surface area contributed by atoms with E-state index in [2.05, 4.69) is 37.2 Å². The molecule has 364 valence electrons. The van der Waals surface area contributed by atoms with Crippen LogP contribution in [0.5, 0.6) is 0 Å². The topological polar surface area (TPSA) is 139 Å². The van der Waals surface area contributed by atoms with Crippen LogP contribution in [0.1, 0.15) is 190 Å². The summed E-state index contributed by atoms with van der Waals surface area (Å²) in [4.78, 5) is 68.5. The predicted molar refractivity (Wildman–Crippen MR) is 245 cm³/mol. The number of carbonyl (C=O) groups excluding carboxylic acids is 6. The molecule has 0 aromatic heterocycles. The Morgan fingerprint density at radius 2 is 0.862 bits per heavy atom. The molecule has 9 aliphatic carbocycles. The highest BCUT2D eigenvalue weighted by Crippen LogP contribution is 2.60. The third-order valence-corrected chi connectivity index (χ3v) is 21.1. The van der Waals surface area contributed by atoms with Crippen LogP contribution >= 0.6 is 0 Å². The monoisotopic (exact) mass is 905 g/mol. The van der Waals surface area contributed by atoms with Crippen molar-refractivity contribution < 1.29 is 47.7 Å². The van der Waals surface area contributed by atoms with Crippen molar-refractivity contribution in [2.45, 2.75) is 201 Å². The van der Waals surface area contributed by atoms with Gasteiger partial charge >= 0.3 is 35.8 Å². The number of hydrogen-bond acceptors (Lipinski definition) is 10. The number of fused-ring (bicyclic) bond motifs is 6. The second kappa shape index (κ2) is 19.7. The van der Waals surface area contributed by atoms with Gasteiger partial charge in [0.1, 0.15) is 11.2 Å². The molecule has 17 atom stereocenters. The fraction of sp³-hybridized carbons (Fsp3) is 0.891. The Balaban J connectivity index is 0.000000130. The van der Waals surface area contributed by atoms with Gasteiger partial charge in [0.2, 0.25) is 0 Å². The predicted octanol–water partition coefficient (Wildman–Crippen LogP) is 11.2. The van der Waals surface area contributed by atoms with E-state index in [1.807, 2.05) is 0 Å². The van der Waals surface area contributed by atoms with Gasteiger partial charge in [-0.25, -0.2) is 0 Å². The second-order valence-electron chi connectivity index (χ2n) is 24.1. The van der Waals surface area contributed by atoms with Crippen molar-refractivity contribution >= 4 is 35.8 Å². The molecule has 17 unspecified atom stereocenters. The Bertz CT molecular complexity index is 1690. The van der Waals surface area contributed by atoms with E-state index in [1.165, 1.54) is 96.3 Å². The van der Waals surface area contributed by atoms with Gasteiger partial charge in [-0.2, -0.15) is 0 Å². The SMILES string of the molecule is CC1C(=O)OC(=O)C1C.CC1C(=O)OC(=O)C1C.CC1C2CC(C(=O)OC3(C4CC5CCC4C5)CCCC3)C(C2)C1C.CC1C2CC(C(=O)OC3(C4CCCCC4)CCCC3)C(C2)C1C. The first kappa shape index (κ1) is 48.7. The Kier molecular flexibility index (Phi) is 14.7. The average Bonchev–Trinajstić information content (AvgIpc) is 4.17. The van der Waals surface area contributed by atoms with Gasteiger partial charge in [0.25, 0.3) is 0 Å². The fourth-order valence-corrected chi connectivity index (χ4v) is 16.0. The van der Waals surface area contributed by atoms with Crippen molar-refractivity contribution in [1.29, 1.82) is 0 Å². The zero-order valence-electron chi connectivity index (χ0n) is 41.3. The number of rotatable bonds is 6. The quantitative estimate of drug-likeness (QED) is 0.144. The smallest absolute Gasteiger partial charge is 0.317 e. The van der Waals surface area contributed by atoms with Crippen molar-refractivity contribution in [2.24, 2.45) is 107 Å². The Morgan fingerprint density at radius 3 is 1.20 bits per heavy atom. The molecule has 2 heterocycles. The Morgan fingerprint density at radius 1 is 0.446 bits per heavy atom. The summed E-state index contributed by atoms with van der Waals surface area (Å²) in [6.07, 6.45) is 26.7. The van der Waals surface area contributed by atoms with Crippen molar-refractivity contribution in [3.05, 3.63) is 0 Å². The summed E-state index contributed by atoms with van der Waals surface area (Å²) in [5.41, 5.74) is -0.137. The molecule has 9 saturated carbocycles. The molecule has 11 aliphatic rings. The third-order valence-electron chi connectivity index (χ3n) is 21.1. The first-order valence-corrected chi connectivity index (χ1v) is 26.9. The standard InChI is InChI=1S/C22H34O2.C21H34O2.2C6H8O3/c1-13-14(2)18-11-17(13)12-19(18)21(23)24-22(7-3-4-8-22)20-10-15-5-6-16(20)9-15;1-14-15(2)18-12-16(14)13-19(18)20(22)23-21(10-6-7-11-21)17-8-4-3-5-9-17;2*1-3-4(2)6(8)9-5(3)7/h13-20H,3-12H2,1-2H3;14-19H,3-13H2,1-2H3;2*3-4H,1-2H3. The zero-order chi connectivity index (χ0) is 46.5. The fourth-order valence-electron chi connectivity index (χ4n) is 16.0. The summed E-state index contributed by atoms with van der Waals surface area (Å²) in [7, 11) is 0. The van der Waals surface area contributed by atoms with Crippen LogP contribution in [0.15, 0.2) is 0 Å². The van der Waals surface area contributed by atoms with Crippen LogP contribution in [0.4, 0.5) is 0 Å². The maximum Gasteiger partial charge on any atom is 0.317 e. The number of carbonyl (C=O) groups is 6. The lowest BCUT2D eigenvalue weighted by molar-refractivity contribution is -0.177. The van der Waals surface area contributed by atoms with Gasteiger partial charge < -0.3 is 18.9 Å². The van der Waals surface area contributed by atoms with Crippen molar-refractivity contribution in [3.63, 3.8) is 0 Å². The van der Waals surface area contributed by atoms with Crippen LogP contribution in [0.2, 0.25) is 0 Å². The molecule has 0 amide bonds. The maximum absolute atomic E-state index is 13.2. The van der Waals surface area contributed by atoms with Crippen LogP contribution < -0.4 is 0 Å². The van der Waals surface area contributed by atoms with E-state index in [-0.39, 0.29) is 58.6 Å². The van der Waals surface area contributed by atoms with E-state index in [9.17, 15) is 28.8 Å². The molecule has 2 aliphatic heterocycles. The molecular formula is C55H84O10. The normalized spacial score (nSPS) is 43.8. The number of esters is 6. The van der Waals surface area contributed by atoms with E-state index in [0.717, 1.165) is 74.0 Å². The summed E-state index contributed by atoms with van der Waals surface area (Å²) in [6.45, 7) is 16.3. The lowest BCUT2D eigenvalue weighted by Crippen LogP contribution is -2.45. The number of cyclic esters (lactones) is 4. The summed E-state index contributed by atoms with van der Waals surface area (Å²) in [5.74, 6) is 7.19. The molecule has 0 radical (unpaired) electrons. The Hall–Kier alpha value is -2.78. The summed E-state index contributed by atoms with van der Waals surface area (Å²) in [6, 6.07) is 0. The second-order valence-corrected chi connectivity index (χ2v) is 24.1. The molecule has 0 aromatic rings. The van der Waals surface area contributed by atoms with E-state index in [0.29, 0.717) is 35.5 Å². The molecule has 11 fully saturated rings. The van der Waals surface area contributed by atoms with Gasteiger partial charge in [0.15, 0.2) is 0 Å². The van der Waals surface area contributed by atoms with Gasteiger partial charge in [0, 0.05) is 5.92 Å². The van der Waals surface area contributed by atoms with Crippen molar-refractivity contribution in [3.8, 4) is 0 Å². The minimum Gasteiger partial charge on any atom is -0.459 e. The molecule has 10 nitrogen and oxygen atoms in total. The van der Waals surface area contributed by atoms with E-state index < -0.39 is 23.9 Å². The highest BCUT2D eigenvalue weighted by molar-refractivity contribution is 5.96. The van der Waals surface area contributed by atoms with Crippen molar-refractivity contribution in [2.75, 3.05) is 0 Å². The highest BCUT2D eigenvalue weighted by atomic mass is 16.6. The van der Waals surface area contributed by atoms with E-state index in [1.54, 1.807) is 27.7 Å². The molecule has 0 N–H and O–H groups in total. The van der Waals surface area contributed by atoms with Gasteiger partial charge in [-0.15, -0.1) is 0 Å². The van der Waals surface area contributed by atoms with Crippen molar-refractivity contribution in [1.82, 2.24) is 0 Å². The molecule has 10 heteroatoms. The average molecular weight is 905 g/mol. The van der Waals surface area contributed by atoms with E-state index >= 15 is 0 Å². The molecule has 0 spiro atoms. The van der Waals surface area contributed by atoms with Crippen LogP contribution in [-0.2, 0) is 47.7 Å². The van der Waals surface area contributed by atoms with Crippen LogP contribution in [0.25, 0.3) is 0 Å². The molecular weight excluding hydrogens is 821 g/mol. The van der Waals surface area contributed by atoms with Crippen LogP contribution in [0, 0.1) is 107 Å². The lowest BCUT2D eigenvalue weighted by Gasteiger charge is -2.41. The van der Waals surface area contributed by atoms with Crippen LogP contribution in [0.3, 0.4) is 0 Å². The first-order chi connectivity index (χ1) is 30.9. The summed E-state index contributed by atoms with van der Waals surface area (Å²) >= 11 is 0. The minimum absolute atomic E-state index is 0.0619. The van der Waals surface area contributed by atoms with Gasteiger partial charge in [-0.3, -0.25) is 28.8 Å². The third kappa shape index (κ3) is 9.51. The molecule has 65 heavy (non-hydrogen) atoms. The minimum atomic E-state index is -0.396. The molecule has 6 bridgehead atoms. The lowest BCUT2D eigenvalue weighted by atomic mass is 9.74. The maximum atomic E-state index is 13.2. The summed E-state index contributed by atoms with van der Waals surface area (Å²) < 4.78 is 21.6. The zero-order valence-corrected chi connectivity index (χ0v) is 41.3. The molecule has 11 rings (SSSR count). The first-order valence-electron chi connectivity index (χ1n) is 26.9. The Labute approximate surface area is 390 Å². The van der Waals surface area contributed by atoms with Gasteiger partial charge in [-0.05, 0) is 174 Å². The molecule has 0 aromatic carbocycles. The van der Waals surface area contributed by atoms with Gasteiger partial charge in [-0.1, -0.05) is 81.1 Å². The highest BCUT2D eigenvalue weighted by Gasteiger charge is 2.58. The largest absolute Gasteiger partial charge is 0.459 e.